The van der Waals surface area contributed by atoms with Gasteiger partial charge in [-0.15, -0.1) is 11.3 Å². The van der Waals surface area contributed by atoms with E-state index in [1.165, 1.54) is 17.6 Å². The van der Waals surface area contributed by atoms with Gasteiger partial charge in [-0.3, -0.25) is 4.79 Å². The van der Waals surface area contributed by atoms with Gasteiger partial charge in [0.15, 0.2) is 0 Å². The Balaban J connectivity index is 1.63. The summed E-state index contributed by atoms with van der Waals surface area (Å²) < 4.78 is 6.18. The molecule has 0 saturated heterocycles. The Morgan fingerprint density at radius 2 is 2.04 bits per heavy atom. The van der Waals surface area contributed by atoms with Crippen molar-refractivity contribution in [1.82, 2.24) is 9.88 Å². The molecule has 118 valence electrons. The van der Waals surface area contributed by atoms with Crippen LogP contribution in [-0.2, 0) is 17.8 Å². The second kappa shape index (κ2) is 6.98. The molecule has 0 bridgehead atoms. The Morgan fingerprint density at radius 1 is 1.26 bits per heavy atom. The van der Waals surface area contributed by atoms with Crippen molar-refractivity contribution in [2.75, 3.05) is 7.05 Å². The maximum Gasteiger partial charge on any atom is 0.228 e. The van der Waals surface area contributed by atoms with Gasteiger partial charge in [0.05, 0.1) is 23.0 Å². The number of aromatic nitrogens is 1. The van der Waals surface area contributed by atoms with Crippen LogP contribution in [-0.4, -0.2) is 22.8 Å². The number of oxazole rings is 1. The minimum Gasteiger partial charge on any atom is -0.444 e. The van der Waals surface area contributed by atoms with Crippen molar-refractivity contribution in [3.8, 4) is 11.5 Å². The fourth-order valence-electron chi connectivity index (χ4n) is 2.15. The minimum atomic E-state index is -0.0116. The van der Waals surface area contributed by atoms with E-state index in [9.17, 15) is 4.79 Å². The number of nitrogens with zero attached hydrogens (tertiary/aromatic N) is 2. The van der Waals surface area contributed by atoms with Gasteiger partial charge in [0.2, 0.25) is 11.8 Å². The molecule has 0 saturated carbocycles. The summed E-state index contributed by atoms with van der Waals surface area (Å²) in [4.78, 5) is 19.4. The molecule has 23 heavy (non-hydrogen) atoms. The SMILES string of the molecule is CN(Cc1ccc(Cl)s1)C(=O)Cc1coc(-c2ccccc2)n1. The van der Waals surface area contributed by atoms with Crippen molar-refractivity contribution in [1.29, 1.82) is 0 Å². The van der Waals surface area contributed by atoms with Crippen LogP contribution in [0.5, 0.6) is 0 Å². The molecule has 4 nitrogen and oxygen atoms in total. The fourth-order valence-corrected chi connectivity index (χ4v) is 3.29. The predicted octanol–water partition coefficient (Wildman–Crippen LogP) is 4.26. The topological polar surface area (TPSA) is 46.3 Å². The summed E-state index contributed by atoms with van der Waals surface area (Å²) in [5, 5.41) is 0. The van der Waals surface area contributed by atoms with Crippen molar-refractivity contribution in [2.45, 2.75) is 13.0 Å². The summed E-state index contributed by atoms with van der Waals surface area (Å²) in [5.41, 5.74) is 1.53. The third-order valence-electron chi connectivity index (χ3n) is 3.35. The van der Waals surface area contributed by atoms with E-state index in [4.69, 9.17) is 16.0 Å². The molecule has 0 atom stereocenters. The number of amides is 1. The van der Waals surface area contributed by atoms with Gasteiger partial charge in [0.25, 0.3) is 0 Å². The van der Waals surface area contributed by atoms with E-state index in [2.05, 4.69) is 4.98 Å². The van der Waals surface area contributed by atoms with E-state index in [0.717, 1.165) is 14.8 Å². The van der Waals surface area contributed by atoms with Crippen molar-refractivity contribution < 1.29 is 9.21 Å². The Hall–Kier alpha value is -2.11. The minimum absolute atomic E-state index is 0.0116. The highest BCUT2D eigenvalue weighted by Gasteiger charge is 2.14. The third-order valence-corrected chi connectivity index (χ3v) is 4.57. The molecule has 3 aromatic rings. The first-order chi connectivity index (χ1) is 11.1. The second-order valence-electron chi connectivity index (χ2n) is 5.14. The Bertz CT molecular complexity index is 798. The summed E-state index contributed by atoms with van der Waals surface area (Å²) >= 11 is 7.39. The van der Waals surface area contributed by atoms with Crippen LogP contribution in [0.15, 0.2) is 53.1 Å². The van der Waals surface area contributed by atoms with Gasteiger partial charge >= 0.3 is 0 Å². The van der Waals surface area contributed by atoms with Gasteiger partial charge in [0.1, 0.15) is 6.26 Å². The predicted molar refractivity (Wildman–Crippen MR) is 91.4 cm³/mol. The number of benzene rings is 1. The van der Waals surface area contributed by atoms with Gasteiger partial charge in [-0.2, -0.15) is 0 Å². The standard InChI is InChI=1S/C17H15ClN2O2S/c1-20(10-14-7-8-15(18)23-14)16(21)9-13-11-22-17(19-13)12-5-3-2-4-6-12/h2-8,11H,9-10H2,1H3. The van der Waals surface area contributed by atoms with E-state index in [1.807, 2.05) is 42.5 Å². The van der Waals surface area contributed by atoms with Crippen LogP contribution in [0.25, 0.3) is 11.5 Å². The van der Waals surface area contributed by atoms with Crippen LogP contribution in [0.3, 0.4) is 0 Å². The highest BCUT2D eigenvalue weighted by atomic mass is 35.5. The molecule has 3 rings (SSSR count). The maximum atomic E-state index is 12.3. The monoisotopic (exact) mass is 346 g/mol. The van der Waals surface area contributed by atoms with Crippen LogP contribution in [0, 0.1) is 0 Å². The maximum absolute atomic E-state index is 12.3. The molecule has 1 aromatic carbocycles. The zero-order valence-corrected chi connectivity index (χ0v) is 14.1. The third kappa shape index (κ3) is 4.00. The summed E-state index contributed by atoms with van der Waals surface area (Å²) in [6.07, 6.45) is 1.75. The molecule has 0 aliphatic rings. The van der Waals surface area contributed by atoms with Gasteiger partial charge in [-0.05, 0) is 24.3 Å². The van der Waals surface area contributed by atoms with Crippen molar-refractivity contribution in [3.05, 3.63) is 63.6 Å². The lowest BCUT2D eigenvalue weighted by molar-refractivity contribution is -0.129. The van der Waals surface area contributed by atoms with Gasteiger partial charge in [-0.1, -0.05) is 29.8 Å². The highest BCUT2D eigenvalue weighted by Crippen LogP contribution is 2.23. The first-order valence-electron chi connectivity index (χ1n) is 7.10. The highest BCUT2D eigenvalue weighted by molar-refractivity contribution is 7.16. The van der Waals surface area contributed by atoms with E-state index >= 15 is 0 Å². The van der Waals surface area contributed by atoms with E-state index < -0.39 is 0 Å². The van der Waals surface area contributed by atoms with E-state index in [1.54, 1.807) is 11.9 Å². The van der Waals surface area contributed by atoms with Crippen LogP contribution >= 0.6 is 22.9 Å². The molecule has 0 aliphatic heterocycles. The van der Waals surface area contributed by atoms with Crippen LogP contribution < -0.4 is 0 Å². The van der Waals surface area contributed by atoms with Crippen molar-refractivity contribution in [3.63, 3.8) is 0 Å². The Labute approximate surface area is 143 Å². The summed E-state index contributed by atoms with van der Waals surface area (Å²) in [7, 11) is 1.77. The molecular formula is C17H15ClN2O2S. The number of hydrogen-bond donors (Lipinski definition) is 0. The number of halogens is 1. The van der Waals surface area contributed by atoms with Crippen molar-refractivity contribution >= 4 is 28.8 Å². The molecule has 1 amide bonds. The average Bonchev–Trinajstić information content (AvgIpc) is 3.17. The van der Waals surface area contributed by atoms with Crippen LogP contribution in [0.1, 0.15) is 10.6 Å². The molecular weight excluding hydrogens is 332 g/mol. The van der Waals surface area contributed by atoms with E-state index in [-0.39, 0.29) is 12.3 Å². The second-order valence-corrected chi connectivity index (χ2v) is 6.94. The van der Waals surface area contributed by atoms with Gasteiger partial charge in [0, 0.05) is 17.5 Å². The molecule has 0 aliphatic carbocycles. The summed E-state index contributed by atoms with van der Waals surface area (Å²) in [6.45, 7) is 0.541. The first-order valence-corrected chi connectivity index (χ1v) is 8.29. The number of carbonyl (C=O) groups is 1. The number of carbonyl (C=O) groups excluding carboxylic acids is 1. The molecule has 6 heteroatoms. The number of likely N-dealkylation sites (N-methyl/N-ethyl adjacent to an activating group) is 1. The largest absolute Gasteiger partial charge is 0.444 e. The molecule has 0 spiro atoms. The van der Waals surface area contributed by atoms with E-state index in [0.29, 0.717) is 18.1 Å². The Morgan fingerprint density at radius 3 is 2.74 bits per heavy atom. The van der Waals surface area contributed by atoms with Gasteiger partial charge < -0.3 is 9.32 Å². The van der Waals surface area contributed by atoms with Gasteiger partial charge in [-0.25, -0.2) is 4.98 Å². The number of thiophene rings is 1. The average molecular weight is 347 g/mol. The molecule has 0 fully saturated rings. The molecule has 2 heterocycles. The zero-order valence-electron chi connectivity index (χ0n) is 12.5. The number of rotatable bonds is 5. The quantitative estimate of drug-likeness (QED) is 0.693. The van der Waals surface area contributed by atoms with Crippen LogP contribution in [0.2, 0.25) is 4.34 Å². The summed E-state index contributed by atoms with van der Waals surface area (Å²) in [5.74, 6) is 0.517. The Kier molecular flexibility index (Phi) is 4.79. The fraction of sp³-hybridized carbons (Fsp3) is 0.176. The lowest BCUT2D eigenvalue weighted by Gasteiger charge is -2.15. The number of hydrogen-bond acceptors (Lipinski definition) is 4. The summed E-state index contributed by atoms with van der Waals surface area (Å²) in [6, 6.07) is 13.4. The normalized spacial score (nSPS) is 10.7. The molecule has 0 N–H and O–H groups in total. The molecule has 0 unspecified atom stereocenters. The lowest BCUT2D eigenvalue weighted by atomic mass is 10.2. The smallest absolute Gasteiger partial charge is 0.228 e. The van der Waals surface area contributed by atoms with Crippen LogP contribution in [0.4, 0.5) is 0 Å². The lowest BCUT2D eigenvalue weighted by Crippen LogP contribution is -2.27. The molecule has 2 aromatic heterocycles. The molecule has 0 radical (unpaired) electrons. The zero-order chi connectivity index (χ0) is 16.2. The first kappa shape index (κ1) is 15.8. The van der Waals surface area contributed by atoms with Crippen molar-refractivity contribution in [2.24, 2.45) is 0 Å².